The molecular formula is C19H26ClN3O2S. The molecule has 0 spiro atoms. The quantitative estimate of drug-likeness (QED) is 0.779. The lowest BCUT2D eigenvalue weighted by Crippen LogP contribution is -2.34. The Kier molecular flexibility index (Phi) is 7.15. The standard InChI is InChI=1S/C19H25N3O2S.ClH/c1-12-8-15(9-20)10-22(12)19(23)16-6-4-5-7-18(16)25-11-17-13(2)21-24-14(17)3;/h4-7,12,15H,8-11,20H2,1-3H3;1H. The van der Waals surface area contributed by atoms with E-state index in [9.17, 15) is 4.79 Å². The van der Waals surface area contributed by atoms with E-state index < -0.39 is 0 Å². The number of thioether (sulfide) groups is 1. The number of rotatable bonds is 5. The van der Waals surface area contributed by atoms with Crippen molar-refractivity contribution in [2.75, 3.05) is 13.1 Å². The van der Waals surface area contributed by atoms with Gasteiger partial charge in [0.1, 0.15) is 5.76 Å². The average Bonchev–Trinajstić information content (AvgIpc) is 3.15. The zero-order valence-electron chi connectivity index (χ0n) is 15.4. The maximum Gasteiger partial charge on any atom is 0.255 e. The van der Waals surface area contributed by atoms with Gasteiger partial charge in [-0.25, -0.2) is 0 Å². The van der Waals surface area contributed by atoms with Gasteiger partial charge in [-0.15, -0.1) is 24.2 Å². The van der Waals surface area contributed by atoms with Gasteiger partial charge in [-0.3, -0.25) is 4.79 Å². The van der Waals surface area contributed by atoms with E-state index in [1.165, 1.54) is 0 Å². The summed E-state index contributed by atoms with van der Waals surface area (Å²) in [7, 11) is 0. The monoisotopic (exact) mass is 395 g/mol. The van der Waals surface area contributed by atoms with E-state index in [4.69, 9.17) is 10.3 Å². The molecule has 0 bridgehead atoms. The van der Waals surface area contributed by atoms with Crippen LogP contribution in [-0.4, -0.2) is 35.1 Å². The summed E-state index contributed by atoms with van der Waals surface area (Å²) in [6.07, 6.45) is 0.983. The van der Waals surface area contributed by atoms with E-state index in [0.29, 0.717) is 12.5 Å². The van der Waals surface area contributed by atoms with Crippen molar-refractivity contribution in [3.8, 4) is 0 Å². The smallest absolute Gasteiger partial charge is 0.255 e. The molecule has 142 valence electrons. The molecule has 7 heteroatoms. The minimum absolute atomic E-state index is 0. The molecule has 2 unspecified atom stereocenters. The Bertz CT molecular complexity index is 745. The fraction of sp³-hybridized carbons (Fsp3) is 0.474. The molecule has 1 aliphatic rings. The lowest BCUT2D eigenvalue weighted by atomic mass is 10.1. The van der Waals surface area contributed by atoms with Crippen LogP contribution in [0.1, 0.15) is 40.7 Å². The van der Waals surface area contributed by atoms with E-state index in [2.05, 4.69) is 12.1 Å². The fourth-order valence-electron chi connectivity index (χ4n) is 3.38. The Balaban J connectivity index is 0.00000243. The molecule has 1 saturated heterocycles. The molecule has 2 aromatic rings. The molecule has 0 radical (unpaired) electrons. The minimum atomic E-state index is 0. The first-order valence-corrected chi connectivity index (χ1v) is 9.64. The SMILES string of the molecule is Cc1noc(C)c1CSc1ccccc1C(=O)N1CC(CN)CC1C.Cl. The Labute approximate surface area is 165 Å². The van der Waals surface area contributed by atoms with E-state index in [1.54, 1.807) is 11.8 Å². The van der Waals surface area contributed by atoms with Crippen molar-refractivity contribution < 1.29 is 9.32 Å². The number of hydrogen-bond acceptors (Lipinski definition) is 5. The van der Waals surface area contributed by atoms with Crippen molar-refractivity contribution in [2.45, 2.75) is 43.9 Å². The van der Waals surface area contributed by atoms with Crippen LogP contribution in [0.4, 0.5) is 0 Å². The lowest BCUT2D eigenvalue weighted by molar-refractivity contribution is 0.0740. The van der Waals surface area contributed by atoms with Gasteiger partial charge in [0.25, 0.3) is 5.91 Å². The lowest BCUT2D eigenvalue weighted by Gasteiger charge is -2.23. The summed E-state index contributed by atoms with van der Waals surface area (Å²) >= 11 is 1.66. The highest BCUT2D eigenvalue weighted by molar-refractivity contribution is 7.98. The van der Waals surface area contributed by atoms with Crippen molar-refractivity contribution >= 4 is 30.1 Å². The van der Waals surface area contributed by atoms with Gasteiger partial charge < -0.3 is 15.2 Å². The molecule has 0 aliphatic carbocycles. The molecule has 26 heavy (non-hydrogen) atoms. The van der Waals surface area contributed by atoms with E-state index in [-0.39, 0.29) is 24.4 Å². The van der Waals surface area contributed by atoms with Crippen LogP contribution in [-0.2, 0) is 5.75 Å². The summed E-state index contributed by atoms with van der Waals surface area (Å²) in [5.74, 6) is 2.09. The average molecular weight is 396 g/mol. The molecule has 1 aliphatic heterocycles. The second-order valence-corrected chi connectivity index (χ2v) is 7.75. The summed E-state index contributed by atoms with van der Waals surface area (Å²) in [6, 6.07) is 8.07. The Morgan fingerprint density at radius 3 is 2.73 bits per heavy atom. The molecule has 2 N–H and O–H groups in total. The number of nitrogens with two attached hydrogens (primary N) is 1. The summed E-state index contributed by atoms with van der Waals surface area (Å²) in [4.78, 5) is 16.0. The summed E-state index contributed by atoms with van der Waals surface area (Å²) in [6.45, 7) is 7.36. The number of amides is 1. The molecule has 1 aromatic carbocycles. The number of carbonyl (C=O) groups excluding carboxylic acids is 1. The van der Waals surface area contributed by atoms with Crippen LogP contribution < -0.4 is 5.73 Å². The normalized spacial score (nSPS) is 19.5. The van der Waals surface area contributed by atoms with Crippen LogP contribution in [0, 0.1) is 19.8 Å². The number of carbonyl (C=O) groups is 1. The number of likely N-dealkylation sites (tertiary alicyclic amines) is 1. The Morgan fingerprint density at radius 1 is 1.38 bits per heavy atom. The van der Waals surface area contributed by atoms with Crippen molar-refractivity contribution in [3.63, 3.8) is 0 Å². The molecule has 1 aromatic heterocycles. The van der Waals surface area contributed by atoms with Crippen LogP contribution in [0.25, 0.3) is 0 Å². The van der Waals surface area contributed by atoms with Crippen molar-refractivity contribution in [3.05, 3.63) is 46.8 Å². The van der Waals surface area contributed by atoms with E-state index in [0.717, 1.165) is 46.2 Å². The first-order chi connectivity index (χ1) is 12.0. The largest absolute Gasteiger partial charge is 0.361 e. The maximum atomic E-state index is 13.1. The van der Waals surface area contributed by atoms with E-state index >= 15 is 0 Å². The first kappa shape index (κ1) is 20.8. The summed E-state index contributed by atoms with van der Waals surface area (Å²) < 4.78 is 5.23. The zero-order chi connectivity index (χ0) is 18.0. The Hall–Kier alpha value is -1.50. The topological polar surface area (TPSA) is 72.4 Å². The predicted octanol–water partition coefficient (Wildman–Crippen LogP) is 3.81. The number of aryl methyl sites for hydroxylation is 2. The van der Waals surface area contributed by atoms with Crippen LogP contribution in [0.5, 0.6) is 0 Å². The predicted molar refractivity (Wildman–Crippen MR) is 107 cm³/mol. The molecule has 3 rings (SSSR count). The van der Waals surface area contributed by atoms with Gasteiger partial charge in [-0.1, -0.05) is 17.3 Å². The van der Waals surface area contributed by atoms with Crippen LogP contribution >= 0.6 is 24.2 Å². The van der Waals surface area contributed by atoms with Gasteiger partial charge in [0.05, 0.1) is 11.3 Å². The molecule has 1 amide bonds. The first-order valence-electron chi connectivity index (χ1n) is 8.65. The van der Waals surface area contributed by atoms with Crippen LogP contribution in [0.15, 0.2) is 33.7 Å². The number of hydrogen-bond donors (Lipinski definition) is 1. The summed E-state index contributed by atoms with van der Waals surface area (Å²) in [5, 5.41) is 4.00. The van der Waals surface area contributed by atoms with Gasteiger partial charge in [0.2, 0.25) is 0 Å². The second kappa shape index (κ2) is 8.93. The molecule has 1 fully saturated rings. The minimum Gasteiger partial charge on any atom is -0.361 e. The van der Waals surface area contributed by atoms with Crippen molar-refractivity contribution in [1.82, 2.24) is 10.1 Å². The molecule has 5 nitrogen and oxygen atoms in total. The summed E-state index contributed by atoms with van der Waals surface area (Å²) in [5.41, 5.74) is 8.58. The number of aromatic nitrogens is 1. The number of benzene rings is 1. The highest BCUT2D eigenvalue weighted by Crippen LogP contribution is 2.31. The molecule has 0 saturated carbocycles. The third-order valence-corrected chi connectivity index (χ3v) is 6.03. The van der Waals surface area contributed by atoms with E-state index in [1.807, 2.05) is 43.0 Å². The molecular weight excluding hydrogens is 370 g/mol. The van der Waals surface area contributed by atoms with Crippen molar-refractivity contribution in [2.24, 2.45) is 11.7 Å². The second-order valence-electron chi connectivity index (χ2n) is 6.73. The maximum absolute atomic E-state index is 13.1. The molecule has 2 heterocycles. The highest BCUT2D eigenvalue weighted by atomic mass is 35.5. The van der Waals surface area contributed by atoms with Gasteiger partial charge in [-0.2, -0.15) is 0 Å². The third-order valence-electron chi connectivity index (χ3n) is 4.93. The highest BCUT2D eigenvalue weighted by Gasteiger charge is 2.32. The van der Waals surface area contributed by atoms with Gasteiger partial charge >= 0.3 is 0 Å². The zero-order valence-corrected chi connectivity index (χ0v) is 17.0. The number of nitrogens with zero attached hydrogens (tertiary/aromatic N) is 2. The van der Waals surface area contributed by atoms with Crippen LogP contribution in [0.2, 0.25) is 0 Å². The van der Waals surface area contributed by atoms with Gasteiger partial charge in [0, 0.05) is 28.8 Å². The number of halogens is 1. The van der Waals surface area contributed by atoms with Crippen LogP contribution in [0.3, 0.4) is 0 Å². The molecule has 2 atom stereocenters. The van der Waals surface area contributed by atoms with Gasteiger partial charge in [0.15, 0.2) is 0 Å². The van der Waals surface area contributed by atoms with Gasteiger partial charge in [-0.05, 0) is 51.8 Å². The Morgan fingerprint density at radius 2 is 2.12 bits per heavy atom. The van der Waals surface area contributed by atoms with Crippen molar-refractivity contribution in [1.29, 1.82) is 0 Å². The fourth-order valence-corrected chi connectivity index (χ4v) is 4.58. The third kappa shape index (κ3) is 4.24.